The predicted octanol–water partition coefficient (Wildman–Crippen LogP) is 0.0631. The van der Waals surface area contributed by atoms with Crippen LogP contribution in [-0.4, -0.2) is 94.6 Å². The fraction of sp³-hybridized carbons (Fsp3) is 0.500. The zero-order valence-corrected chi connectivity index (χ0v) is 29.6. The molecule has 1 heterocycles. The van der Waals surface area contributed by atoms with Gasteiger partial charge in [0, 0.05) is 30.8 Å². The first-order chi connectivity index (χ1) is 24.5. The molecule has 0 saturated carbocycles. The van der Waals surface area contributed by atoms with Gasteiger partial charge in [-0.2, -0.15) is 0 Å². The summed E-state index contributed by atoms with van der Waals surface area (Å²) >= 11 is 0. The number of nitrogens with zero attached hydrogens (tertiary/aromatic N) is 1. The largest absolute Gasteiger partial charge is 0.481 e. The number of esters is 1. The number of amides is 8. The number of anilines is 1. The van der Waals surface area contributed by atoms with Crippen molar-refractivity contribution in [1.82, 2.24) is 26.2 Å². The summed E-state index contributed by atoms with van der Waals surface area (Å²) in [5.41, 5.74) is 6.18. The number of urea groups is 1. The lowest BCUT2D eigenvalue weighted by Crippen LogP contribution is -2.58. The number of carboxylic acid groups (broad SMARTS) is 1. The van der Waals surface area contributed by atoms with E-state index in [2.05, 4.69) is 26.6 Å². The van der Waals surface area contributed by atoms with Crippen LogP contribution in [0.3, 0.4) is 0 Å². The quantitative estimate of drug-likeness (QED) is 0.0505. The molecule has 18 heteroatoms. The van der Waals surface area contributed by atoms with Gasteiger partial charge in [0.2, 0.25) is 23.6 Å². The first-order valence-corrected chi connectivity index (χ1v) is 16.7. The summed E-state index contributed by atoms with van der Waals surface area (Å²) in [6.07, 6.45) is 1.77. The van der Waals surface area contributed by atoms with Gasteiger partial charge in [-0.3, -0.25) is 43.3 Å². The number of ether oxygens (including phenoxy) is 1. The number of rotatable bonds is 21. The molecule has 1 aromatic rings. The normalized spacial score (nSPS) is 14.0. The second-order valence-electron chi connectivity index (χ2n) is 12.7. The molecule has 52 heavy (non-hydrogen) atoms. The van der Waals surface area contributed by atoms with Crippen LogP contribution >= 0.6 is 0 Å². The van der Waals surface area contributed by atoms with Crippen molar-refractivity contribution >= 4 is 59.1 Å². The van der Waals surface area contributed by atoms with E-state index < -0.39 is 78.0 Å². The van der Waals surface area contributed by atoms with E-state index in [4.69, 9.17) is 15.6 Å². The molecular formula is C34H47N7O11. The molecule has 0 bridgehead atoms. The molecule has 0 unspecified atom stereocenters. The third kappa shape index (κ3) is 14.6. The highest BCUT2D eigenvalue weighted by Gasteiger charge is 2.33. The maximum absolute atomic E-state index is 13.6. The molecule has 8 amide bonds. The molecule has 2 rings (SSSR count). The highest BCUT2D eigenvalue weighted by atomic mass is 16.5. The van der Waals surface area contributed by atoms with Gasteiger partial charge in [-0.05, 0) is 49.3 Å². The molecule has 284 valence electrons. The lowest BCUT2D eigenvalue weighted by molar-refractivity contribution is -0.148. The van der Waals surface area contributed by atoms with Gasteiger partial charge in [0.1, 0.15) is 31.3 Å². The lowest BCUT2D eigenvalue weighted by atomic mass is 10.0. The molecule has 8 N–H and O–H groups in total. The van der Waals surface area contributed by atoms with Gasteiger partial charge < -0.3 is 42.2 Å². The number of hydrogen-bond acceptors (Lipinski definition) is 10. The second-order valence-corrected chi connectivity index (χ2v) is 12.7. The van der Waals surface area contributed by atoms with E-state index >= 15 is 0 Å². The van der Waals surface area contributed by atoms with E-state index in [1.807, 2.05) is 0 Å². The Balaban J connectivity index is 2.17. The minimum atomic E-state index is -1.34. The number of carbonyl (C=O) groups is 9. The fourth-order valence-corrected chi connectivity index (χ4v) is 4.77. The SMILES string of the molecule is CC(C)C(=O)OCc1ccc(NC(=O)[C@H](CCCNC(N)=O)NC(=O)[C@@H](NC(=O)[C@H](CCCC(=O)O)NC(=O)CN2C(=O)C=CC2=O)C(C)C)cc1. The lowest BCUT2D eigenvalue weighted by Gasteiger charge is -2.27. The van der Waals surface area contributed by atoms with Crippen molar-refractivity contribution in [2.75, 3.05) is 18.4 Å². The van der Waals surface area contributed by atoms with Crippen molar-refractivity contribution in [1.29, 1.82) is 0 Å². The molecular weight excluding hydrogens is 682 g/mol. The minimum absolute atomic E-state index is 0.0268. The van der Waals surface area contributed by atoms with E-state index in [0.717, 1.165) is 12.2 Å². The van der Waals surface area contributed by atoms with Crippen LogP contribution in [0.25, 0.3) is 0 Å². The summed E-state index contributed by atoms with van der Waals surface area (Å²) in [6, 6.07) is 2.00. The Kier molecular flexibility index (Phi) is 16.9. The van der Waals surface area contributed by atoms with Gasteiger partial charge >= 0.3 is 18.0 Å². The minimum Gasteiger partial charge on any atom is -0.481 e. The number of hydrogen-bond donors (Lipinski definition) is 7. The van der Waals surface area contributed by atoms with Crippen LogP contribution in [0.2, 0.25) is 0 Å². The molecule has 0 radical (unpaired) electrons. The van der Waals surface area contributed by atoms with Crippen molar-refractivity contribution in [2.45, 2.75) is 84.5 Å². The number of benzene rings is 1. The number of aliphatic carboxylic acids is 1. The van der Waals surface area contributed by atoms with E-state index in [0.29, 0.717) is 16.2 Å². The Morgan fingerprint density at radius 1 is 0.808 bits per heavy atom. The van der Waals surface area contributed by atoms with Gasteiger partial charge in [0.15, 0.2) is 0 Å². The molecule has 0 aliphatic carbocycles. The highest BCUT2D eigenvalue weighted by molar-refractivity contribution is 6.14. The third-order valence-corrected chi connectivity index (χ3v) is 7.66. The molecule has 1 aliphatic rings. The van der Waals surface area contributed by atoms with Crippen molar-refractivity contribution < 1.29 is 53.0 Å². The molecule has 3 atom stereocenters. The van der Waals surface area contributed by atoms with Crippen LogP contribution < -0.4 is 32.3 Å². The third-order valence-electron chi connectivity index (χ3n) is 7.66. The van der Waals surface area contributed by atoms with Crippen molar-refractivity contribution in [3.05, 3.63) is 42.0 Å². The van der Waals surface area contributed by atoms with Crippen molar-refractivity contribution in [3.63, 3.8) is 0 Å². The smallest absolute Gasteiger partial charge is 0.312 e. The number of imide groups is 1. The van der Waals surface area contributed by atoms with Crippen molar-refractivity contribution in [3.8, 4) is 0 Å². The summed E-state index contributed by atoms with van der Waals surface area (Å²) in [5.74, 6) is -6.81. The number of carboxylic acids is 1. The average molecular weight is 730 g/mol. The molecule has 0 fully saturated rings. The van der Waals surface area contributed by atoms with E-state index in [-0.39, 0.29) is 57.1 Å². The van der Waals surface area contributed by atoms with Gasteiger partial charge in [-0.15, -0.1) is 0 Å². The summed E-state index contributed by atoms with van der Waals surface area (Å²) in [6.45, 7) is 6.15. The number of primary amides is 1. The van der Waals surface area contributed by atoms with E-state index in [1.165, 1.54) is 0 Å². The molecule has 1 aliphatic heterocycles. The average Bonchev–Trinajstić information content (AvgIpc) is 3.38. The summed E-state index contributed by atoms with van der Waals surface area (Å²) in [7, 11) is 0. The van der Waals surface area contributed by atoms with Crippen LogP contribution in [0.15, 0.2) is 36.4 Å². The van der Waals surface area contributed by atoms with Gasteiger partial charge in [0.25, 0.3) is 11.8 Å². The maximum Gasteiger partial charge on any atom is 0.312 e. The number of nitrogens with two attached hydrogens (primary N) is 1. The predicted molar refractivity (Wildman–Crippen MR) is 185 cm³/mol. The topological polar surface area (TPSA) is 272 Å². The number of nitrogens with one attached hydrogen (secondary N) is 5. The highest BCUT2D eigenvalue weighted by Crippen LogP contribution is 2.14. The molecule has 0 spiro atoms. The number of carbonyl (C=O) groups excluding carboxylic acids is 8. The summed E-state index contributed by atoms with van der Waals surface area (Å²) in [5, 5.41) is 21.8. The molecule has 18 nitrogen and oxygen atoms in total. The Morgan fingerprint density at radius 2 is 1.40 bits per heavy atom. The monoisotopic (exact) mass is 729 g/mol. The molecule has 0 aromatic heterocycles. The Labute approximate surface area is 300 Å². The molecule has 0 saturated heterocycles. The van der Waals surface area contributed by atoms with Crippen LogP contribution in [0.1, 0.15) is 65.4 Å². The zero-order chi connectivity index (χ0) is 39.0. The fourth-order valence-electron chi connectivity index (χ4n) is 4.77. The van der Waals surface area contributed by atoms with Crippen LogP contribution in [0.5, 0.6) is 0 Å². The summed E-state index contributed by atoms with van der Waals surface area (Å²) < 4.78 is 5.21. The Morgan fingerprint density at radius 3 is 1.96 bits per heavy atom. The van der Waals surface area contributed by atoms with Gasteiger partial charge in [0.05, 0.1) is 5.92 Å². The van der Waals surface area contributed by atoms with Crippen molar-refractivity contribution in [2.24, 2.45) is 17.6 Å². The van der Waals surface area contributed by atoms with E-state index in [1.54, 1.807) is 52.0 Å². The van der Waals surface area contributed by atoms with Crippen LogP contribution in [0, 0.1) is 11.8 Å². The van der Waals surface area contributed by atoms with Gasteiger partial charge in [-0.1, -0.05) is 39.8 Å². The van der Waals surface area contributed by atoms with Crippen LogP contribution in [0.4, 0.5) is 10.5 Å². The second kappa shape index (κ2) is 20.8. The van der Waals surface area contributed by atoms with Gasteiger partial charge in [-0.25, -0.2) is 4.79 Å². The van der Waals surface area contributed by atoms with E-state index in [9.17, 15) is 43.2 Å². The standard InChI is InChI=1S/C34H47N7O11/c1-19(2)29(40-31(48)23(7-5-9-28(45)46)38-25(42)17-41-26(43)14-15-27(41)44)32(49)39-24(8-6-16-36-34(35)51)30(47)37-22-12-10-21(11-13-22)18-52-33(50)20(3)4/h10-15,19-20,23-24,29H,5-9,16-18H2,1-4H3,(H,37,47)(H,38,42)(H,39,49)(H,40,48)(H,45,46)(H3,35,36,51)/t23-,24-,29-/m0/s1. The zero-order valence-electron chi connectivity index (χ0n) is 29.6. The Bertz CT molecular complexity index is 1510. The van der Waals surface area contributed by atoms with Crippen LogP contribution in [-0.2, 0) is 49.7 Å². The molecule has 1 aromatic carbocycles. The first-order valence-electron chi connectivity index (χ1n) is 16.7. The Hall–Kier alpha value is -5.81. The summed E-state index contributed by atoms with van der Waals surface area (Å²) in [4.78, 5) is 112. The first kappa shape index (κ1) is 42.4. The maximum atomic E-state index is 13.6.